The van der Waals surface area contributed by atoms with E-state index in [2.05, 4.69) is 4.74 Å². The Morgan fingerprint density at radius 1 is 1.55 bits per heavy atom. The van der Waals surface area contributed by atoms with Crippen LogP contribution in [0.25, 0.3) is 0 Å². The number of carbonyl (C=O) groups is 2. The molecule has 1 atom stereocenters. The lowest BCUT2D eigenvalue weighted by atomic mass is 10.2. The van der Waals surface area contributed by atoms with E-state index in [0.717, 1.165) is 7.11 Å². The number of ether oxygens (including phenoxy) is 1. The lowest BCUT2D eigenvalue weighted by molar-refractivity contribution is -0.147. The maximum atomic E-state index is 11.9. The zero-order chi connectivity index (χ0) is 15.3. The highest BCUT2D eigenvalue weighted by Crippen LogP contribution is 2.21. The number of hydrogen-bond acceptors (Lipinski definition) is 7. The van der Waals surface area contributed by atoms with E-state index in [-0.39, 0.29) is 9.09 Å². The predicted molar refractivity (Wildman–Crippen MR) is 67.4 cm³/mol. The van der Waals surface area contributed by atoms with Crippen LogP contribution in [0.2, 0.25) is 0 Å². The Kier molecular flexibility index (Phi) is 5.20. The molecule has 1 heterocycles. The Balaban J connectivity index is 2.94. The standard InChI is InChI=1S/C10H10N2O6S2/c1-18-8(13)4-7(10(14)15)12-20(16,17)9-3-2-6(5-11)19-9/h2-3,7,12H,4H2,1H3,(H,14,15)/t7-/m0/s1. The number of methoxy groups -OCH3 is 1. The third kappa shape index (κ3) is 4.02. The summed E-state index contributed by atoms with van der Waals surface area (Å²) >= 11 is 0.697. The molecular formula is C10H10N2O6S2. The third-order valence-corrected chi connectivity index (χ3v) is 5.10. The fourth-order valence-corrected chi connectivity index (χ4v) is 3.51. The van der Waals surface area contributed by atoms with Crippen LogP contribution >= 0.6 is 11.3 Å². The molecule has 0 bridgehead atoms. The van der Waals surface area contributed by atoms with Gasteiger partial charge in [0.1, 0.15) is 21.2 Å². The van der Waals surface area contributed by atoms with Crippen LogP contribution in [0.3, 0.4) is 0 Å². The van der Waals surface area contributed by atoms with Crippen molar-refractivity contribution in [1.29, 1.82) is 5.26 Å². The number of nitriles is 1. The molecule has 0 spiro atoms. The van der Waals surface area contributed by atoms with E-state index in [1.807, 2.05) is 4.72 Å². The largest absolute Gasteiger partial charge is 0.480 e. The fraction of sp³-hybridized carbons (Fsp3) is 0.300. The summed E-state index contributed by atoms with van der Waals surface area (Å²) in [5.41, 5.74) is 0. The molecule has 0 radical (unpaired) electrons. The molecule has 20 heavy (non-hydrogen) atoms. The summed E-state index contributed by atoms with van der Waals surface area (Å²) in [6.07, 6.45) is -0.637. The van der Waals surface area contributed by atoms with Crippen LogP contribution in [0.4, 0.5) is 0 Å². The van der Waals surface area contributed by atoms with Gasteiger partial charge in [-0.25, -0.2) is 8.42 Å². The highest BCUT2D eigenvalue weighted by atomic mass is 32.2. The van der Waals surface area contributed by atoms with Gasteiger partial charge in [-0.15, -0.1) is 11.3 Å². The molecule has 10 heteroatoms. The van der Waals surface area contributed by atoms with Crippen molar-refractivity contribution in [2.45, 2.75) is 16.7 Å². The molecule has 1 rings (SSSR count). The van der Waals surface area contributed by atoms with E-state index in [1.165, 1.54) is 12.1 Å². The van der Waals surface area contributed by atoms with Crippen molar-refractivity contribution in [2.24, 2.45) is 0 Å². The number of hydrogen-bond donors (Lipinski definition) is 2. The quantitative estimate of drug-likeness (QED) is 0.700. The van der Waals surface area contributed by atoms with Crippen LogP contribution < -0.4 is 4.72 Å². The molecule has 8 nitrogen and oxygen atoms in total. The molecule has 1 aromatic heterocycles. The summed E-state index contributed by atoms with van der Waals surface area (Å²) in [5, 5.41) is 17.5. The first-order valence-electron chi connectivity index (χ1n) is 5.12. The van der Waals surface area contributed by atoms with Gasteiger partial charge in [0.25, 0.3) is 10.0 Å². The van der Waals surface area contributed by atoms with E-state index in [1.54, 1.807) is 6.07 Å². The smallest absolute Gasteiger partial charge is 0.322 e. The molecule has 0 amide bonds. The second-order valence-electron chi connectivity index (χ2n) is 3.52. The third-order valence-electron chi connectivity index (χ3n) is 2.15. The molecule has 0 aliphatic carbocycles. The number of esters is 1. The lowest BCUT2D eigenvalue weighted by Crippen LogP contribution is -2.42. The minimum Gasteiger partial charge on any atom is -0.480 e. The molecule has 0 aliphatic rings. The van der Waals surface area contributed by atoms with Gasteiger partial charge in [-0.05, 0) is 12.1 Å². The average molecular weight is 318 g/mol. The van der Waals surface area contributed by atoms with Gasteiger partial charge in [0.05, 0.1) is 13.5 Å². The van der Waals surface area contributed by atoms with Gasteiger partial charge in [0, 0.05) is 0 Å². The summed E-state index contributed by atoms with van der Waals surface area (Å²) in [6, 6.07) is 2.62. The van der Waals surface area contributed by atoms with Crippen molar-refractivity contribution in [2.75, 3.05) is 7.11 Å². The van der Waals surface area contributed by atoms with E-state index in [0.29, 0.717) is 11.3 Å². The molecule has 2 N–H and O–H groups in total. The topological polar surface area (TPSA) is 134 Å². The number of rotatable bonds is 6. The van der Waals surface area contributed by atoms with Crippen molar-refractivity contribution in [3.8, 4) is 6.07 Å². The van der Waals surface area contributed by atoms with Gasteiger partial charge in [0.2, 0.25) is 0 Å². The molecule has 0 saturated carbocycles. The predicted octanol–water partition coefficient (Wildman–Crippen LogP) is -0.0856. The first-order chi connectivity index (χ1) is 9.30. The maximum absolute atomic E-state index is 11.9. The van der Waals surface area contributed by atoms with Gasteiger partial charge in [-0.1, -0.05) is 0 Å². The first-order valence-corrected chi connectivity index (χ1v) is 7.42. The van der Waals surface area contributed by atoms with E-state index >= 15 is 0 Å². The zero-order valence-electron chi connectivity index (χ0n) is 10.2. The SMILES string of the molecule is COC(=O)C[C@H](NS(=O)(=O)c1ccc(C#N)s1)C(=O)O. The molecule has 0 unspecified atom stereocenters. The zero-order valence-corrected chi connectivity index (χ0v) is 11.8. The van der Waals surface area contributed by atoms with Crippen LogP contribution in [0, 0.1) is 11.3 Å². The number of aliphatic carboxylic acids is 1. The molecule has 0 saturated heterocycles. The molecule has 0 aliphatic heterocycles. The summed E-state index contributed by atoms with van der Waals surface area (Å²) in [7, 11) is -3.06. The Hall–Kier alpha value is -1.96. The summed E-state index contributed by atoms with van der Waals surface area (Å²) in [4.78, 5) is 22.1. The Morgan fingerprint density at radius 3 is 2.65 bits per heavy atom. The number of nitrogens with one attached hydrogen (secondary N) is 1. The number of sulfonamides is 1. The van der Waals surface area contributed by atoms with Crippen molar-refractivity contribution in [3.63, 3.8) is 0 Å². The van der Waals surface area contributed by atoms with Gasteiger partial charge in [-0.3, -0.25) is 9.59 Å². The van der Waals surface area contributed by atoms with Crippen molar-refractivity contribution in [1.82, 2.24) is 4.72 Å². The van der Waals surface area contributed by atoms with E-state index < -0.39 is 34.4 Å². The van der Waals surface area contributed by atoms with Crippen LogP contribution in [-0.4, -0.2) is 38.6 Å². The van der Waals surface area contributed by atoms with Crippen LogP contribution in [-0.2, 0) is 24.3 Å². The summed E-state index contributed by atoms with van der Waals surface area (Å²) in [6.45, 7) is 0. The fourth-order valence-electron chi connectivity index (χ4n) is 1.20. The summed E-state index contributed by atoms with van der Waals surface area (Å²) < 4.78 is 29.8. The van der Waals surface area contributed by atoms with Gasteiger partial charge >= 0.3 is 11.9 Å². The van der Waals surface area contributed by atoms with Gasteiger partial charge in [0.15, 0.2) is 0 Å². The van der Waals surface area contributed by atoms with Crippen molar-refractivity contribution < 1.29 is 27.9 Å². The molecule has 108 valence electrons. The number of carboxylic acids is 1. The van der Waals surface area contributed by atoms with Gasteiger partial charge in [-0.2, -0.15) is 9.98 Å². The minimum absolute atomic E-state index is 0.171. The molecule has 0 aromatic carbocycles. The molecular weight excluding hydrogens is 308 g/mol. The van der Waals surface area contributed by atoms with Crippen LogP contribution in [0.1, 0.15) is 11.3 Å². The second-order valence-corrected chi connectivity index (χ2v) is 6.55. The number of nitrogens with zero attached hydrogens (tertiary/aromatic N) is 1. The number of thiophene rings is 1. The lowest BCUT2D eigenvalue weighted by Gasteiger charge is -2.12. The Labute approximate surface area is 118 Å². The van der Waals surface area contributed by atoms with Gasteiger partial charge < -0.3 is 9.84 Å². The van der Waals surface area contributed by atoms with E-state index in [9.17, 15) is 18.0 Å². The van der Waals surface area contributed by atoms with E-state index in [4.69, 9.17) is 10.4 Å². The monoisotopic (exact) mass is 318 g/mol. The Bertz CT molecular complexity index is 658. The Morgan fingerprint density at radius 2 is 2.20 bits per heavy atom. The molecule has 0 fully saturated rings. The van der Waals surface area contributed by atoms with Crippen LogP contribution in [0.15, 0.2) is 16.3 Å². The number of carboxylic acid groups (broad SMARTS) is 1. The van der Waals surface area contributed by atoms with Crippen molar-refractivity contribution >= 4 is 33.3 Å². The van der Waals surface area contributed by atoms with Crippen molar-refractivity contribution in [3.05, 3.63) is 17.0 Å². The van der Waals surface area contributed by atoms with Crippen LogP contribution in [0.5, 0.6) is 0 Å². The second kappa shape index (κ2) is 6.47. The number of carbonyl (C=O) groups excluding carboxylic acids is 1. The summed E-state index contributed by atoms with van der Waals surface area (Å²) in [5.74, 6) is -2.36. The minimum atomic E-state index is -4.12. The highest BCUT2D eigenvalue weighted by Gasteiger charge is 2.28. The average Bonchev–Trinajstić information content (AvgIpc) is 2.86. The maximum Gasteiger partial charge on any atom is 0.322 e. The highest BCUT2D eigenvalue weighted by molar-refractivity contribution is 7.91. The first kappa shape index (κ1) is 16.1. The molecule has 1 aromatic rings. The normalized spacial score (nSPS) is 12.4.